The Morgan fingerprint density at radius 3 is 2.42 bits per heavy atom. The van der Waals surface area contributed by atoms with Gasteiger partial charge in [-0.1, -0.05) is 36.4 Å². The van der Waals surface area contributed by atoms with Crippen LogP contribution < -0.4 is 10.2 Å². The van der Waals surface area contributed by atoms with Crippen LogP contribution in [0.4, 0.5) is 0 Å². The summed E-state index contributed by atoms with van der Waals surface area (Å²) >= 11 is 3.62. The van der Waals surface area contributed by atoms with Gasteiger partial charge in [-0.15, -0.1) is 0 Å². The van der Waals surface area contributed by atoms with Gasteiger partial charge in [-0.3, -0.25) is 4.79 Å². The number of nitrogens with zero attached hydrogens (tertiary/aromatic N) is 2. The number of hydrogen-bond donors (Lipinski definition) is 1. The van der Waals surface area contributed by atoms with Gasteiger partial charge in [0.2, 0.25) is 0 Å². The van der Waals surface area contributed by atoms with Crippen LogP contribution >= 0.6 is 15.9 Å². The van der Waals surface area contributed by atoms with E-state index in [1.807, 2.05) is 74.5 Å². The summed E-state index contributed by atoms with van der Waals surface area (Å²) in [4.78, 5) is 12.8. The molecule has 0 aliphatic rings. The third kappa shape index (κ3) is 4.11. The number of ether oxygens (including phenoxy) is 1. The van der Waals surface area contributed by atoms with Gasteiger partial charge in [0.25, 0.3) is 5.91 Å². The first-order valence-corrected chi connectivity index (χ1v) is 10.6. The average Bonchev–Trinajstić information content (AvgIpc) is 3.06. The van der Waals surface area contributed by atoms with Crippen molar-refractivity contribution in [2.75, 3.05) is 7.11 Å². The number of methoxy groups -OCH3 is 1. The van der Waals surface area contributed by atoms with Gasteiger partial charge in [-0.25, -0.2) is 5.43 Å². The summed E-state index contributed by atoms with van der Waals surface area (Å²) in [7, 11) is 1.56. The molecule has 5 nitrogen and oxygen atoms in total. The highest BCUT2D eigenvalue weighted by atomic mass is 79.9. The van der Waals surface area contributed by atoms with E-state index in [1.165, 1.54) is 0 Å². The Kier molecular flexibility index (Phi) is 5.91. The number of aromatic nitrogens is 1. The Morgan fingerprint density at radius 2 is 1.71 bits per heavy atom. The van der Waals surface area contributed by atoms with Crippen molar-refractivity contribution < 1.29 is 9.53 Å². The summed E-state index contributed by atoms with van der Waals surface area (Å²) in [5.74, 6) is 0.192. The number of nitrogens with one attached hydrogen (secondary N) is 1. The number of para-hydroxylation sites is 1. The normalized spacial score (nSPS) is 11.2. The van der Waals surface area contributed by atoms with Crippen molar-refractivity contribution in [2.24, 2.45) is 5.10 Å². The Bertz CT molecular complexity index is 1310. The first-order valence-electron chi connectivity index (χ1n) is 9.83. The SMILES string of the molecule is COc1cc2ccccc2cc1C(=O)NN=Cc1cc(C)n(-c2ccccc2Br)c1C. The molecule has 0 atom stereocenters. The van der Waals surface area contributed by atoms with Crippen LogP contribution in [0.25, 0.3) is 16.5 Å². The summed E-state index contributed by atoms with van der Waals surface area (Å²) in [6.07, 6.45) is 1.67. The molecule has 1 aromatic heterocycles. The molecule has 6 heteroatoms. The smallest absolute Gasteiger partial charge is 0.275 e. The Morgan fingerprint density at radius 1 is 1.03 bits per heavy atom. The summed E-state index contributed by atoms with van der Waals surface area (Å²) in [6.45, 7) is 4.07. The molecule has 0 fully saturated rings. The van der Waals surface area contributed by atoms with Crippen LogP contribution in [0.5, 0.6) is 5.75 Å². The molecule has 1 N–H and O–H groups in total. The minimum atomic E-state index is -0.321. The molecular formula is C25H22BrN3O2. The van der Waals surface area contributed by atoms with Crippen LogP contribution in [0.3, 0.4) is 0 Å². The van der Waals surface area contributed by atoms with Crippen molar-refractivity contribution in [3.05, 3.63) is 93.7 Å². The van der Waals surface area contributed by atoms with Gasteiger partial charge in [0.15, 0.2) is 0 Å². The van der Waals surface area contributed by atoms with E-state index in [0.29, 0.717) is 11.3 Å². The molecule has 0 bridgehead atoms. The Labute approximate surface area is 189 Å². The van der Waals surface area contributed by atoms with Crippen molar-refractivity contribution in [1.82, 2.24) is 9.99 Å². The van der Waals surface area contributed by atoms with Crippen LogP contribution in [-0.4, -0.2) is 23.8 Å². The summed E-state index contributed by atoms with van der Waals surface area (Å²) in [6, 6.07) is 21.6. The number of hydrazone groups is 1. The second-order valence-electron chi connectivity index (χ2n) is 7.21. The molecule has 0 unspecified atom stereocenters. The Balaban J connectivity index is 1.58. The minimum absolute atomic E-state index is 0.321. The molecule has 4 rings (SSSR count). The predicted octanol–water partition coefficient (Wildman–Crippen LogP) is 5.78. The van der Waals surface area contributed by atoms with Crippen molar-refractivity contribution in [1.29, 1.82) is 0 Å². The molecular weight excluding hydrogens is 454 g/mol. The van der Waals surface area contributed by atoms with E-state index in [9.17, 15) is 4.79 Å². The van der Waals surface area contributed by atoms with Gasteiger partial charge in [0, 0.05) is 21.4 Å². The number of carbonyl (C=O) groups excluding carboxylic acids is 1. The molecule has 0 saturated heterocycles. The lowest BCUT2D eigenvalue weighted by Gasteiger charge is -2.11. The highest BCUT2D eigenvalue weighted by Gasteiger charge is 2.14. The lowest BCUT2D eigenvalue weighted by atomic mass is 10.1. The number of fused-ring (bicyclic) bond motifs is 1. The fourth-order valence-corrected chi connectivity index (χ4v) is 4.17. The van der Waals surface area contributed by atoms with Gasteiger partial charge < -0.3 is 9.30 Å². The molecule has 3 aromatic carbocycles. The number of rotatable bonds is 5. The third-order valence-electron chi connectivity index (χ3n) is 5.25. The molecule has 0 aliphatic carbocycles. The lowest BCUT2D eigenvalue weighted by Crippen LogP contribution is -2.18. The first kappa shape index (κ1) is 20.9. The van der Waals surface area contributed by atoms with Crippen LogP contribution in [0.15, 0.2) is 76.3 Å². The number of aryl methyl sites for hydroxylation is 1. The molecule has 0 spiro atoms. The highest BCUT2D eigenvalue weighted by Crippen LogP contribution is 2.27. The van der Waals surface area contributed by atoms with E-state index in [-0.39, 0.29) is 5.91 Å². The van der Waals surface area contributed by atoms with Crippen molar-refractivity contribution in [3.63, 3.8) is 0 Å². The van der Waals surface area contributed by atoms with Gasteiger partial charge in [0.1, 0.15) is 5.75 Å². The molecule has 31 heavy (non-hydrogen) atoms. The Hall–Kier alpha value is -3.38. The number of amides is 1. The monoisotopic (exact) mass is 475 g/mol. The molecule has 4 aromatic rings. The van der Waals surface area contributed by atoms with Gasteiger partial charge in [-0.2, -0.15) is 5.10 Å². The van der Waals surface area contributed by atoms with Gasteiger partial charge >= 0.3 is 0 Å². The maximum absolute atomic E-state index is 12.8. The highest BCUT2D eigenvalue weighted by molar-refractivity contribution is 9.10. The van der Waals surface area contributed by atoms with Crippen LogP contribution in [-0.2, 0) is 0 Å². The fourth-order valence-electron chi connectivity index (χ4n) is 3.71. The lowest BCUT2D eigenvalue weighted by molar-refractivity contribution is 0.0952. The van der Waals surface area contributed by atoms with E-state index in [4.69, 9.17) is 4.74 Å². The second-order valence-corrected chi connectivity index (χ2v) is 8.07. The second kappa shape index (κ2) is 8.78. The zero-order chi connectivity index (χ0) is 22.0. The molecule has 156 valence electrons. The quantitative estimate of drug-likeness (QED) is 0.293. The van der Waals surface area contributed by atoms with Gasteiger partial charge in [0.05, 0.1) is 24.6 Å². The maximum atomic E-state index is 12.8. The van der Waals surface area contributed by atoms with E-state index in [0.717, 1.165) is 37.9 Å². The predicted molar refractivity (Wildman–Crippen MR) is 129 cm³/mol. The van der Waals surface area contributed by atoms with Crippen molar-refractivity contribution >= 4 is 38.8 Å². The number of halogens is 1. The van der Waals surface area contributed by atoms with Crippen molar-refractivity contribution in [3.8, 4) is 11.4 Å². The minimum Gasteiger partial charge on any atom is -0.496 e. The number of hydrogen-bond acceptors (Lipinski definition) is 3. The van der Waals surface area contributed by atoms with Crippen molar-refractivity contribution in [2.45, 2.75) is 13.8 Å². The summed E-state index contributed by atoms with van der Waals surface area (Å²) < 4.78 is 8.58. The maximum Gasteiger partial charge on any atom is 0.275 e. The van der Waals surface area contributed by atoms with E-state index in [1.54, 1.807) is 13.3 Å². The topological polar surface area (TPSA) is 55.6 Å². The number of benzene rings is 3. The van der Waals surface area contributed by atoms with Crippen LogP contribution in [0.2, 0.25) is 0 Å². The van der Waals surface area contributed by atoms with Crippen LogP contribution in [0, 0.1) is 13.8 Å². The third-order valence-corrected chi connectivity index (χ3v) is 5.92. The zero-order valence-electron chi connectivity index (χ0n) is 17.5. The molecule has 1 heterocycles. The zero-order valence-corrected chi connectivity index (χ0v) is 19.1. The summed E-state index contributed by atoms with van der Waals surface area (Å²) in [5.41, 5.74) is 7.17. The summed E-state index contributed by atoms with van der Waals surface area (Å²) in [5, 5.41) is 6.18. The number of carbonyl (C=O) groups is 1. The van der Waals surface area contributed by atoms with E-state index < -0.39 is 0 Å². The first-order chi connectivity index (χ1) is 15.0. The van der Waals surface area contributed by atoms with Crippen LogP contribution in [0.1, 0.15) is 27.3 Å². The molecule has 0 saturated carbocycles. The molecule has 1 amide bonds. The largest absolute Gasteiger partial charge is 0.496 e. The molecule has 0 radical (unpaired) electrons. The fraction of sp³-hybridized carbons (Fsp3) is 0.120. The van der Waals surface area contributed by atoms with E-state index >= 15 is 0 Å². The van der Waals surface area contributed by atoms with Gasteiger partial charge in [-0.05, 0) is 70.9 Å². The average molecular weight is 476 g/mol. The molecule has 0 aliphatic heterocycles. The van der Waals surface area contributed by atoms with E-state index in [2.05, 4.69) is 37.1 Å². The standard InChI is InChI=1S/C25H22BrN3O2/c1-16-12-20(17(2)29(16)23-11-7-6-10-22(23)26)15-27-28-25(30)21-13-18-8-4-5-9-19(18)14-24(21)31-3/h4-15H,1-3H3,(H,28,30).